The molecule has 2 aromatic rings. The van der Waals surface area contributed by atoms with Crippen LogP contribution in [0.3, 0.4) is 0 Å². The smallest absolute Gasteiger partial charge is 0.269 e. The number of H-pyrrole nitrogens is 1. The van der Waals surface area contributed by atoms with E-state index >= 15 is 0 Å². The zero-order valence-electron chi connectivity index (χ0n) is 11.0. The molecule has 6 heteroatoms. The Morgan fingerprint density at radius 2 is 2.35 bits per heavy atom. The molecule has 0 aliphatic carbocycles. The van der Waals surface area contributed by atoms with Gasteiger partial charge in [0.2, 0.25) is 0 Å². The summed E-state index contributed by atoms with van der Waals surface area (Å²) in [5.74, 6) is -0.157. The molecular formula is C14H16N4O2. The van der Waals surface area contributed by atoms with Crippen molar-refractivity contribution in [3.8, 4) is 11.4 Å². The van der Waals surface area contributed by atoms with E-state index in [2.05, 4.69) is 20.5 Å². The highest BCUT2D eigenvalue weighted by Crippen LogP contribution is 2.14. The van der Waals surface area contributed by atoms with Gasteiger partial charge in [-0.2, -0.15) is 5.10 Å². The molecule has 6 nitrogen and oxygen atoms in total. The predicted octanol–water partition coefficient (Wildman–Crippen LogP) is 1.38. The maximum Gasteiger partial charge on any atom is 0.269 e. The maximum absolute atomic E-state index is 12.1. The number of nitrogens with one attached hydrogen (secondary N) is 2. The van der Waals surface area contributed by atoms with Crippen molar-refractivity contribution in [2.75, 3.05) is 13.2 Å². The largest absolute Gasteiger partial charge is 0.379 e. The van der Waals surface area contributed by atoms with E-state index in [1.165, 1.54) is 0 Å². The van der Waals surface area contributed by atoms with Crippen LogP contribution in [0.5, 0.6) is 0 Å². The summed E-state index contributed by atoms with van der Waals surface area (Å²) in [6.07, 6.45) is 3.63. The summed E-state index contributed by atoms with van der Waals surface area (Å²) >= 11 is 0. The molecular weight excluding hydrogens is 256 g/mol. The number of nitrogens with zero attached hydrogens (tertiary/aromatic N) is 2. The Hall–Kier alpha value is -2.21. The molecule has 0 radical (unpaired) electrons. The van der Waals surface area contributed by atoms with Crippen LogP contribution >= 0.6 is 0 Å². The van der Waals surface area contributed by atoms with E-state index in [0.717, 1.165) is 25.1 Å². The Morgan fingerprint density at radius 3 is 3.10 bits per heavy atom. The van der Waals surface area contributed by atoms with Gasteiger partial charge in [0.15, 0.2) is 0 Å². The number of hydrogen-bond donors (Lipinski definition) is 2. The fraction of sp³-hybridized carbons (Fsp3) is 0.357. The number of amides is 1. The van der Waals surface area contributed by atoms with E-state index in [4.69, 9.17) is 4.74 Å². The lowest BCUT2D eigenvalue weighted by Crippen LogP contribution is -2.40. The topological polar surface area (TPSA) is 79.9 Å². The van der Waals surface area contributed by atoms with E-state index in [0.29, 0.717) is 18.0 Å². The molecule has 3 heterocycles. The van der Waals surface area contributed by atoms with Crippen LogP contribution in [0.15, 0.2) is 30.5 Å². The van der Waals surface area contributed by atoms with Gasteiger partial charge < -0.3 is 10.1 Å². The zero-order valence-corrected chi connectivity index (χ0v) is 11.0. The van der Waals surface area contributed by atoms with Gasteiger partial charge in [0, 0.05) is 12.8 Å². The fourth-order valence-electron chi connectivity index (χ4n) is 2.20. The predicted molar refractivity (Wildman–Crippen MR) is 73.1 cm³/mol. The van der Waals surface area contributed by atoms with Crippen LogP contribution in [0.2, 0.25) is 0 Å². The van der Waals surface area contributed by atoms with Crippen LogP contribution < -0.4 is 5.32 Å². The molecule has 1 aliphatic rings. The SMILES string of the molecule is O=C(N[C@H]1CCCOC1)c1cc(-c2ccccn2)n[nH]1. The van der Waals surface area contributed by atoms with Gasteiger partial charge >= 0.3 is 0 Å². The number of carbonyl (C=O) groups is 1. The molecule has 0 unspecified atom stereocenters. The lowest BCUT2D eigenvalue weighted by Gasteiger charge is -2.22. The molecule has 20 heavy (non-hydrogen) atoms. The van der Waals surface area contributed by atoms with Crippen LogP contribution in [0, 0.1) is 0 Å². The van der Waals surface area contributed by atoms with Crippen molar-refractivity contribution >= 4 is 5.91 Å². The number of carbonyl (C=O) groups excluding carboxylic acids is 1. The maximum atomic E-state index is 12.1. The Kier molecular flexibility index (Phi) is 3.73. The Bertz CT molecular complexity index is 576. The number of aromatic amines is 1. The molecule has 2 aromatic heterocycles. The highest BCUT2D eigenvalue weighted by molar-refractivity contribution is 5.93. The monoisotopic (exact) mass is 272 g/mol. The summed E-state index contributed by atoms with van der Waals surface area (Å²) in [5, 5.41) is 9.82. The third-order valence-electron chi connectivity index (χ3n) is 3.25. The second-order valence-electron chi connectivity index (χ2n) is 4.77. The van der Waals surface area contributed by atoms with Gasteiger partial charge in [0.05, 0.1) is 18.3 Å². The summed E-state index contributed by atoms with van der Waals surface area (Å²) in [5.41, 5.74) is 1.84. The molecule has 1 saturated heterocycles. The zero-order chi connectivity index (χ0) is 13.8. The first kappa shape index (κ1) is 12.8. The molecule has 0 saturated carbocycles. The Balaban J connectivity index is 1.68. The number of aromatic nitrogens is 3. The van der Waals surface area contributed by atoms with Crippen molar-refractivity contribution in [1.29, 1.82) is 0 Å². The first-order valence-electron chi connectivity index (χ1n) is 6.68. The summed E-state index contributed by atoms with van der Waals surface area (Å²) in [6, 6.07) is 7.37. The van der Waals surface area contributed by atoms with Gasteiger partial charge in [-0.25, -0.2) is 0 Å². The molecule has 2 N–H and O–H groups in total. The highest BCUT2D eigenvalue weighted by Gasteiger charge is 2.18. The number of ether oxygens (including phenoxy) is 1. The quantitative estimate of drug-likeness (QED) is 0.884. The van der Waals surface area contributed by atoms with Gasteiger partial charge in [-0.05, 0) is 31.0 Å². The van der Waals surface area contributed by atoms with Crippen LogP contribution in [-0.2, 0) is 4.74 Å². The minimum absolute atomic E-state index is 0.0813. The first-order chi connectivity index (χ1) is 9.83. The average Bonchev–Trinajstić information content (AvgIpc) is 2.99. The highest BCUT2D eigenvalue weighted by atomic mass is 16.5. The van der Waals surface area contributed by atoms with E-state index in [-0.39, 0.29) is 11.9 Å². The van der Waals surface area contributed by atoms with Gasteiger partial charge in [-0.15, -0.1) is 0 Å². The normalized spacial score (nSPS) is 18.7. The third kappa shape index (κ3) is 2.85. The second-order valence-corrected chi connectivity index (χ2v) is 4.77. The van der Waals surface area contributed by atoms with E-state index in [9.17, 15) is 4.79 Å². The molecule has 1 amide bonds. The molecule has 1 aliphatic heterocycles. The number of rotatable bonds is 3. The van der Waals surface area contributed by atoms with Crippen molar-refractivity contribution < 1.29 is 9.53 Å². The minimum atomic E-state index is -0.157. The minimum Gasteiger partial charge on any atom is -0.379 e. The Labute approximate surface area is 116 Å². The average molecular weight is 272 g/mol. The van der Waals surface area contributed by atoms with Crippen LogP contribution in [-0.4, -0.2) is 40.3 Å². The summed E-state index contributed by atoms with van der Waals surface area (Å²) < 4.78 is 5.34. The summed E-state index contributed by atoms with van der Waals surface area (Å²) in [6.45, 7) is 1.35. The van der Waals surface area contributed by atoms with E-state index in [1.807, 2.05) is 18.2 Å². The van der Waals surface area contributed by atoms with Crippen molar-refractivity contribution in [2.45, 2.75) is 18.9 Å². The van der Waals surface area contributed by atoms with Crippen LogP contribution in [0.4, 0.5) is 0 Å². The van der Waals surface area contributed by atoms with E-state index < -0.39 is 0 Å². The molecule has 1 atom stereocenters. The van der Waals surface area contributed by atoms with Gasteiger partial charge in [-0.1, -0.05) is 6.07 Å². The van der Waals surface area contributed by atoms with Crippen LogP contribution in [0.25, 0.3) is 11.4 Å². The fourth-order valence-corrected chi connectivity index (χ4v) is 2.20. The summed E-state index contributed by atoms with van der Waals surface area (Å²) in [7, 11) is 0. The third-order valence-corrected chi connectivity index (χ3v) is 3.25. The lowest BCUT2D eigenvalue weighted by atomic mass is 10.1. The van der Waals surface area contributed by atoms with E-state index in [1.54, 1.807) is 12.3 Å². The van der Waals surface area contributed by atoms with Crippen molar-refractivity contribution in [3.05, 3.63) is 36.2 Å². The second kappa shape index (κ2) is 5.83. The van der Waals surface area contributed by atoms with Crippen LogP contribution in [0.1, 0.15) is 23.3 Å². The lowest BCUT2D eigenvalue weighted by molar-refractivity contribution is 0.0622. The summed E-state index contributed by atoms with van der Waals surface area (Å²) in [4.78, 5) is 16.3. The number of hydrogen-bond acceptors (Lipinski definition) is 4. The molecule has 104 valence electrons. The molecule has 0 spiro atoms. The number of pyridine rings is 1. The Morgan fingerprint density at radius 1 is 1.40 bits per heavy atom. The standard InChI is InChI=1S/C14H16N4O2/c19-14(16-10-4-3-7-20-9-10)13-8-12(17-18-13)11-5-1-2-6-15-11/h1-2,5-6,8,10H,3-4,7,9H2,(H,16,19)(H,17,18)/t10-/m0/s1. The first-order valence-corrected chi connectivity index (χ1v) is 6.68. The van der Waals surface area contributed by atoms with Gasteiger partial charge in [0.25, 0.3) is 5.91 Å². The van der Waals surface area contributed by atoms with Crippen molar-refractivity contribution in [2.24, 2.45) is 0 Å². The van der Waals surface area contributed by atoms with Crippen molar-refractivity contribution in [3.63, 3.8) is 0 Å². The van der Waals surface area contributed by atoms with Gasteiger partial charge in [-0.3, -0.25) is 14.9 Å². The van der Waals surface area contributed by atoms with Crippen molar-refractivity contribution in [1.82, 2.24) is 20.5 Å². The van der Waals surface area contributed by atoms with Gasteiger partial charge in [0.1, 0.15) is 11.4 Å². The molecule has 0 bridgehead atoms. The molecule has 3 rings (SSSR count). The molecule has 0 aromatic carbocycles. The molecule has 1 fully saturated rings.